The van der Waals surface area contributed by atoms with Crippen LogP contribution in [0.5, 0.6) is 0 Å². The molecule has 2 aromatic rings. The van der Waals surface area contributed by atoms with Crippen molar-refractivity contribution in [3.63, 3.8) is 0 Å². The van der Waals surface area contributed by atoms with Crippen molar-refractivity contribution in [2.24, 2.45) is 5.92 Å². The normalized spacial score (nSPS) is 12.5. The molecule has 0 bridgehead atoms. The Morgan fingerprint density at radius 2 is 1.77 bits per heavy atom. The molecule has 6 nitrogen and oxygen atoms in total. The fourth-order valence-electron chi connectivity index (χ4n) is 3.72. The zero-order chi connectivity index (χ0) is 21.6. The smallest absolute Gasteiger partial charge is 0.336 e. The van der Waals surface area contributed by atoms with Crippen molar-refractivity contribution in [1.82, 2.24) is 0 Å². The lowest BCUT2D eigenvalue weighted by Crippen LogP contribution is -2.09. The number of hydrogen-bond donors (Lipinski definition) is 4. The van der Waals surface area contributed by atoms with Crippen LogP contribution in [0.15, 0.2) is 59.0 Å². The number of carboxylic acids is 1. The van der Waals surface area contributed by atoms with Crippen molar-refractivity contribution >= 4 is 22.6 Å². The van der Waals surface area contributed by atoms with Gasteiger partial charge in [0.1, 0.15) is 11.3 Å². The molecule has 0 saturated heterocycles. The number of hydrogen-bond acceptors (Lipinski definition) is 5. The van der Waals surface area contributed by atoms with Crippen LogP contribution < -0.4 is 11.1 Å². The molecule has 1 aliphatic heterocycles. The number of nitrogen functional groups attached to an aromatic ring is 1. The molecule has 6 heteroatoms. The average molecular weight is 402 g/mol. The molecule has 30 heavy (non-hydrogen) atoms. The molecule has 0 radical (unpaired) electrons. The van der Waals surface area contributed by atoms with Gasteiger partial charge < -0.3 is 25.8 Å². The van der Waals surface area contributed by atoms with Crippen LogP contribution >= 0.6 is 0 Å². The fourth-order valence-corrected chi connectivity index (χ4v) is 3.72. The molecule has 0 saturated carbocycles. The van der Waals surface area contributed by atoms with E-state index in [1.54, 1.807) is 48.5 Å². The molecule has 1 unspecified atom stereocenters. The van der Waals surface area contributed by atoms with Gasteiger partial charge in [-0.05, 0) is 47.4 Å². The monoisotopic (exact) mass is 402 g/mol. The Morgan fingerprint density at radius 3 is 2.47 bits per heavy atom. The summed E-state index contributed by atoms with van der Waals surface area (Å²) < 4.78 is 5.98. The van der Waals surface area contributed by atoms with Gasteiger partial charge in [0.25, 0.3) is 0 Å². The van der Waals surface area contributed by atoms with Crippen LogP contribution in [0.3, 0.4) is 0 Å². The maximum atomic E-state index is 12.2. The second-order valence-corrected chi connectivity index (χ2v) is 7.74. The molecule has 0 spiro atoms. The first-order valence-corrected chi connectivity index (χ1v) is 9.62. The molecule has 4 rings (SSSR count). The van der Waals surface area contributed by atoms with Gasteiger partial charge in [0.05, 0.1) is 17.0 Å². The number of anilines is 1. The van der Waals surface area contributed by atoms with Gasteiger partial charge >= 0.3 is 5.97 Å². The molecule has 2 aliphatic rings. The number of carboxylic acid groups (broad SMARTS) is 1. The second kappa shape index (κ2) is 7.31. The predicted molar refractivity (Wildman–Crippen MR) is 115 cm³/mol. The van der Waals surface area contributed by atoms with E-state index in [4.69, 9.17) is 15.6 Å². The van der Waals surface area contributed by atoms with Crippen molar-refractivity contribution in [2.45, 2.75) is 20.0 Å². The Labute approximate surface area is 173 Å². The van der Waals surface area contributed by atoms with Crippen molar-refractivity contribution in [3.8, 4) is 22.5 Å². The van der Waals surface area contributed by atoms with Crippen LogP contribution in [0, 0.1) is 11.3 Å². The molecule has 152 valence electrons. The summed E-state index contributed by atoms with van der Waals surface area (Å²) in [7, 11) is 0. The maximum Gasteiger partial charge on any atom is 0.336 e. The number of rotatable bonds is 4. The Balaban J connectivity index is 2.10. The Hall–Kier alpha value is -3.64. The average Bonchev–Trinajstić information content (AvgIpc) is 2.70. The van der Waals surface area contributed by atoms with Gasteiger partial charge in [-0.25, -0.2) is 4.79 Å². The van der Waals surface area contributed by atoms with Crippen molar-refractivity contribution in [1.29, 1.82) is 5.41 Å². The standard InChI is InChI=1S/C24H22N2O4/c1-12(2)23(27)13-3-6-16(19(9-13)24(28)29)22-17-7-4-14(25)10-20(17)30-21-11-15(26)5-8-18(21)22/h3-12,23,25,27H,26H2,1-2H3,(H,28,29). The van der Waals surface area contributed by atoms with Gasteiger partial charge in [0.15, 0.2) is 0 Å². The summed E-state index contributed by atoms with van der Waals surface area (Å²) in [5.74, 6) is -0.663. The number of aliphatic hydroxyl groups is 1. The summed E-state index contributed by atoms with van der Waals surface area (Å²) in [5.41, 5.74) is 9.49. The molecule has 0 fully saturated rings. The number of nitrogens with one attached hydrogen (secondary N) is 1. The first-order chi connectivity index (χ1) is 14.3. The number of aromatic carboxylic acids is 1. The molecule has 1 heterocycles. The molecule has 0 amide bonds. The largest absolute Gasteiger partial charge is 0.478 e. The molecule has 2 aromatic carbocycles. The van der Waals surface area contributed by atoms with Crippen LogP contribution in [-0.2, 0) is 0 Å². The number of fused-ring (bicyclic) bond motifs is 2. The maximum absolute atomic E-state index is 12.2. The van der Waals surface area contributed by atoms with E-state index in [0.29, 0.717) is 44.7 Å². The van der Waals surface area contributed by atoms with Crippen LogP contribution in [0.4, 0.5) is 5.69 Å². The highest BCUT2D eigenvalue weighted by Crippen LogP contribution is 2.42. The molecular formula is C24H22N2O4. The van der Waals surface area contributed by atoms with E-state index < -0.39 is 12.1 Å². The lowest BCUT2D eigenvalue weighted by atomic mass is 9.88. The highest BCUT2D eigenvalue weighted by Gasteiger charge is 2.23. The molecule has 5 N–H and O–H groups in total. The number of aliphatic hydroxyl groups excluding tert-OH is 1. The molecule has 0 aromatic heterocycles. The quantitative estimate of drug-likeness (QED) is 0.292. The Bertz CT molecular complexity index is 1310. The minimum atomic E-state index is -1.09. The number of benzene rings is 3. The van der Waals surface area contributed by atoms with E-state index in [2.05, 4.69) is 0 Å². The van der Waals surface area contributed by atoms with E-state index in [1.165, 1.54) is 6.07 Å². The van der Waals surface area contributed by atoms with Crippen LogP contribution in [0.25, 0.3) is 33.4 Å². The fraction of sp³-hybridized carbons (Fsp3) is 0.167. The van der Waals surface area contributed by atoms with Gasteiger partial charge in [-0.3, -0.25) is 0 Å². The zero-order valence-corrected chi connectivity index (χ0v) is 16.6. The topological polar surface area (TPSA) is 121 Å². The lowest BCUT2D eigenvalue weighted by molar-refractivity contribution is 0.0697. The summed E-state index contributed by atoms with van der Waals surface area (Å²) in [6.45, 7) is 3.75. The van der Waals surface area contributed by atoms with Crippen molar-refractivity contribution in [2.75, 3.05) is 5.73 Å². The van der Waals surface area contributed by atoms with E-state index >= 15 is 0 Å². The Morgan fingerprint density at radius 1 is 1.03 bits per heavy atom. The van der Waals surface area contributed by atoms with Gasteiger partial charge in [0.2, 0.25) is 0 Å². The Kier molecular flexibility index (Phi) is 4.79. The van der Waals surface area contributed by atoms with Crippen LogP contribution in [0.2, 0.25) is 0 Å². The number of carbonyl (C=O) groups is 1. The van der Waals surface area contributed by atoms with Gasteiger partial charge in [-0.2, -0.15) is 0 Å². The van der Waals surface area contributed by atoms with Gasteiger partial charge in [-0.1, -0.05) is 26.0 Å². The van der Waals surface area contributed by atoms with E-state index in [0.717, 1.165) is 0 Å². The molecule has 1 atom stereocenters. The van der Waals surface area contributed by atoms with Gasteiger partial charge in [0, 0.05) is 34.3 Å². The van der Waals surface area contributed by atoms with E-state index in [-0.39, 0.29) is 16.8 Å². The molecular weight excluding hydrogens is 380 g/mol. The zero-order valence-electron chi connectivity index (χ0n) is 16.6. The first kappa shape index (κ1) is 19.7. The van der Waals surface area contributed by atoms with E-state index in [1.807, 2.05) is 13.8 Å². The van der Waals surface area contributed by atoms with E-state index in [9.17, 15) is 15.0 Å². The van der Waals surface area contributed by atoms with Crippen molar-refractivity contribution in [3.05, 3.63) is 71.1 Å². The highest BCUT2D eigenvalue weighted by molar-refractivity contribution is 6.07. The third-order valence-corrected chi connectivity index (χ3v) is 5.26. The summed E-state index contributed by atoms with van der Waals surface area (Å²) in [6, 6.07) is 15.2. The summed E-state index contributed by atoms with van der Waals surface area (Å²) in [6.07, 6.45) is -0.762. The summed E-state index contributed by atoms with van der Waals surface area (Å²) >= 11 is 0. The minimum Gasteiger partial charge on any atom is -0.478 e. The van der Waals surface area contributed by atoms with Crippen molar-refractivity contribution < 1.29 is 19.4 Å². The predicted octanol–water partition coefficient (Wildman–Crippen LogP) is 4.65. The summed E-state index contributed by atoms with van der Waals surface area (Å²) in [4.78, 5) is 12.2. The molecule has 1 aliphatic carbocycles. The third kappa shape index (κ3) is 3.31. The SMILES string of the molecule is CC(C)C(O)c1ccc(-c2c3ccc(=N)cc-3oc3cc(N)ccc23)c(C(=O)O)c1. The minimum absolute atomic E-state index is 0.0480. The summed E-state index contributed by atoms with van der Waals surface area (Å²) in [5, 5.41) is 29.3. The third-order valence-electron chi connectivity index (χ3n) is 5.26. The highest BCUT2D eigenvalue weighted by atomic mass is 16.4. The lowest BCUT2D eigenvalue weighted by Gasteiger charge is -2.19. The van der Waals surface area contributed by atoms with Crippen LogP contribution in [0.1, 0.15) is 35.9 Å². The second-order valence-electron chi connectivity index (χ2n) is 7.74. The first-order valence-electron chi connectivity index (χ1n) is 9.62. The van der Waals surface area contributed by atoms with Crippen LogP contribution in [-0.4, -0.2) is 16.2 Å². The number of nitrogens with two attached hydrogens (primary N) is 1. The van der Waals surface area contributed by atoms with Gasteiger partial charge in [-0.15, -0.1) is 0 Å².